The van der Waals surface area contributed by atoms with E-state index in [1.807, 2.05) is 0 Å². The van der Waals surface area contributed by atoms with Crippen LogP contribution in [-0.2, 0) is 4.79 Å². The van der Waals surface area contributed by atoms with Gasteiger partial charge in [0.25, 0.3) is 5.88 Å². The van der Waals surface area contributed by atoms with Crippen molar-refractivity contribution in [1.82, 2.24) is 4.98 Å². The number of ether oxygens (including phenoxy) is 2. The number of carbonyl (C=O) groups is 1. The summed E-state index contributed by atoms with van der Waals surface area (Å²) in [5.41, 5.74) is 0. The third-order valence-corrected chi connectivity index (χ3v) is 2.91. The lowest BCUT2D eigenvalue weighted by Gasteiger charge is -2.11. The second kappa shape index (κ2) is 6.53. The standard InChI is InChI=1S/C14H11BrFNO4/c1-8(14(18)19)20-10-2-4-11(5-3-10)21-13-12(16)6-9(15)7-17-13/h2-8H,1H3,(H,18,19). The van der Waals surface area contributed by atoms with Crippen molar-refractivity contribution >= 4 is 21.9 Å². The van der Waals surface area contributed by atoms with Gasteiger partial charge < -0.3 is 14.6 Å². The molecule has 1 N–H and O–H groups in total. The van der Waals surface area contributed by atoms with Crippen LogP contribution in [0.1, 0.15) is 6.92 Å². The van der Waals surface area contributed by atoms with Gasteiger partial charge in [0.05, 0.1) is 0 Å². The molecule has 1 heterocycles. The van der Waals surface area contributed by atoms with E-state index in [4.69, 9.17) is 14.6 Å². The molecule has 7 heteroatoms. The van der Waals surface area contributed by atoms with Gasteiger partial charge in [0, 0.05) is 10.7 Å². The zero-order valence-electron chi connectivity index (χ0n) is 10.9. The molecular weight excluding hydrogens is 345 g/mol. The van der Waals surface area contributed by atoms with Gasteiger partial charge in [-0.1, -0.05) is 0 Å². The summed E-state index contributed by atoms with van der Waals surface area (Å²) in [6.07, 6.45) is 0.465. The van der Waals surface area contributed by atoms with Gasteiger partial charge in [-0.05, 0) is 53.2 Å². The third kappa shape index (κ3) is 4.16. The van der Waals surface area contributed by atoms with Gasteiger partial charge in [-0.25, -0.2) is 14.2 Å². The smallest absolute Gasteiger partial charge is 0.344 e. The quantitative estimate of drug-likeness (QED) is 0.886. The number of carboxylic acids is 1. The number of pyridine rings is 1. The molecule has 1 unspecified atom stereocenters. The Morgan fingerprint density at radius 2 is 1.95 bits per heavy atom. The molecule has 0 aliphatic carbocycles. The van der Waals surface area contributed by atoms with E-state index in [9.17, 15) is 9.18 Å². The summed E-state index contributed by atoms with van der Waals surface area (Å²) in [5, 5.41) is 8.74. The molecule has 110 valence electrons. The van der Waals surface area contributed by atoms with E-state index in [0.717, 1.165) is 0 Å². The van der Waals surface area contributed by atoms with E-state index in [1.54, 1.807) is 0 Å². The normalized spacial score (nSPS) is 11.8. The van der Waals surface area contributed by atoms with Gasteiger partial charge in [-0.3, -0.25) is 0 Å². The highest BCUT2D eigenvalue weighted by Crippen LogP contribution is 2.26. The first-order chi connectivity index (χ1) is 9.95. The molecule has 0 amide bonds. The lowest BCUT2D eigenvalue weighted by Crippen LogP contribution is -2.22. The molecule has 0 spiro atoms. The zero-order valence-corrected chi connectivity index (χ0v) is 12.5. The van der Waals surface area contributed by atoms with Crippen molar-refractivity contribution in [1.29, 1.82) is 0 Å². The van der Waals surface area contributed by atoms with Crippen molar-refractivity contribution in [2.24, 2.45) is 0 Å². The van der Waals surface area contributed by atoms with Gasteiger partial charge in [-0.2, -0.15) is 0 Å². The van der Waals surface area contributed by atoms with E-state index in [-0.39, 0.29) is 5.88 Å². The second-order valence-electron chi connectivity index (χ2n) is 4.11. The van der Waals surface area contributed by atoms with Crippen molar-refractivity contribution in [3.8, 4) is 17.4 Å². The monoisotopic (exact) mass is 355 g/mol. The summed E-state index contributed by atoms with van der Waals surface area (Å²) in [4.78, 5) is 14.5. The minimum atomic E-state index is -1.06. The lowest BCUT2D eigenvalue weighted by atomic mass is 10.3. The zero-order chi connectivity index (χ0) is 15.4. The first kappa shape index (κ1) is 15.2. The molecule has 2 aromatic rings. The van der Waals surface area contributed by atoms with Crippen LogP contribution in [-0.4, -0.2) is 22.2 Å². The SMILES string of the molecule is CC(Oc1ccc(Oc2ncc(Br)cc2F)cc1)C(=O)O. The fourth-order valence-electron chi connectivity index (χ4n) is 1.43. The number of hydrogen-bond donors (Lipinski definition) is 1. The maximum Gasteiger partial charge on any atom is 0.344 e. The number of rotatable bonds is 5. The van der Waals surface area contributed by atoms with Crippen LogP contribution in [0.2, 0.25) is 0 Å². The molecule has 0 saturated heterocycles. The maximum absolute atomic E-state index is 13.6. The fourth-order valence-corrected chi connectivity index (χ4v) is 1.73. The number of benzene rings is 1. The van der Waals surface area contributed by atoms with Crippen molar-refractivity contribution in [2.45, 2.75) is 13.0 Å². The van der Waals surface area contributed by atoms with Crippen molar-refractivity contribution in [3.05, 3.63) is 46.8 Å². The Kier molecular flexibility index (Phi) is 4.74. The Balaban J connectivity index is 2.07. The van der Waals surface area contributed by atoms with Crippen molar-refractivity contribution in [2.75, 3.05) is 0 Å². The van der Waals surface area contributed by atoms with Crippen LogP contribution >= 0.6 is 15.9 Å². The third-order valence-electron chi connectivity index (χ3n) is 2.47. The molecule has 0 radical (unpaired) electrons. The number of halogens is 2. The largest absolute Gasteiger partial charge is 0.479 e. The Bertz CT molecular complexity index is 648. The minimum Gasteiger partial charge on any atom is -0.479 e. The van der Waals surface area contributed by atoms with Gasteiger partial charge in [0.2, 0.25) is 0 Å². The number of hydrogen-bond acceptors (Lipinski definition) is 4. The van der Waals surface area contributed by atoms with Gasteiger partial charge >= 0.3 is 5.97 Å². The number of nitrogens with zero attached hydrogens (tertiary/aromatic N) is 1. The fraction of sp³-hybridized carbons (Fsp3) is 0.143. The minimum absolute atomic E-state index is 0.147. The van der Waals surface area contributed by atoms with Gasteiger partial charge in [-0.15, -0.1) is 0 Å². The maximum atomic E-state index is 13.6. The van der Waals surface area contributed by atoms with Crippen molar-refractivity contribution in [3.63, 3.8) is 0 Å². The molecule has 5 nitrogen and oxygen atoms in total. The molecule has 0 fully saturated rings. The summed E-state index contributed by atoms with van der Waals surface area (Å²) in [5.74, 6) is -1.06. The van der Waals surface area contributed by atoms with Crippen LogP contribution in [0.4, 0.5) is 4.39 Å². The first-order valence-electron chi connectivity index (χ1n) is 5.94. The van der Waals surface area contributed by atoms with E-state index in [1.165, 1.54) is 43.5 Å². The number of carboxylic acid groups (broad SMARTS) is 1. The Hall–Kier alpha value is -2.15. The Morgan fingerprint density at radius 3 is 2.52 bits per heavy atom. The lowest BCUT2D eigenvalue weighted by molar-refractivity contribution is -0.144. The molecule has 0 bridgehead atoms. The van der Waals surface area contributed by atoms with Crippen LogP contribution in [0.25, 0.3) is 0 Å². The molecule has 1 aromatic carbocycles. The molecule has 0 saturated carbocycles. The molecular formula is C14H11BrFNO4. The highest BCUT2D eigenvalue weighted by molar-refractivity contribution is 9.10. The highest BCUT2D eigenvalue weighted by atomic mass is 79.9. The molecule has 0 aliphatic heterocycles. The summed E-state index contributed by atoms with van der Waals surface area (Å²) < 4.78 is 24.5. The molecule has 2 rings (SSSR count). The van der Waals surface area contributed by atoms with Crippen molar-refractivity contribution < 1.29 is 23.8 Å². The van der Waals surface area contributed by atoms with Crippen LogP contribution in [0, 0.1) is 5.82 Å². The molecule has 1 aromatic heterocycles. The summed E-state index contributed by atoms with van der Waals surface area (Å²) in [7, 11) is 0. The predicted octanol–water partition coefficient (Wildman–Crippen LogP) is 3.63. The van der Waals surface area contributed by atoms with Crippen LogP contribution < -0.4 is 9.47 Å². The van der Waals surface area contributed by atoms with Crippen LogP contribution in [0.3, 0.4) is 0 Å². The molecule has 21 heavy (non-hydrogen) atoms. The average Bonchev–Trinajstić information content (AvgIpc) is 2.43. The average molecular weight is 356 g/mol. The van der Waals surface area contributed by atoms with E-state index >= 15 is 0 Å². The van der Waals surface area contributed by atoms with Crippen LogP contribution in [0.15, 0.2) is 41.0 Å². The predicted molar refractivity (Wildman–Crippen MR) is 76.1 cm³/mol. The highest BCUT2D eigenvalue weighted by Gasteiger charge is 2.12. The van der Waals surface area contributed by atoms with Gasteiger partial charge in [0.15, 0.2) is 11.9 Å². The van der Waals surface area contributed by atoms with Gasteiger partial charge in [0.1, 0.15) is 11.5 Å². The Labute approximate surface area is 128 Å². The van der Waals surface area contributed by atoms with E-state index < -0.39 is 17.9 Å². The summed E-state index contributed by atoms with van der Waals surface area (Å²) in [6.45, 7) is 1.42. The van der Waals surface area contributed by atoms with E-state index in [0.29, 0.717) is 16.0 Å². The van der Waals surface area contributed by atoms with E-state index in [2.05, 4.69) is 20.9 Å². The first-order valence-corrected chi connectivity index (χ1v) is 6.73. The second-order valence-corrected chi connectivity index (χ2v) is 5.03. The summed E-state index contributed by atoms with van der Waals surface area (Å²) >= 11 is 3.10. The number of aromatic nitrogens is 1. The number of aliphatic carboxylic acids is 1. The molecule has 0 aliphatic rings. The topological polar surface area (TPSA) is 68.7 Å². The molecule has 1 atom stereocenters. The van der Waals surface area contributed by atoms with Crippen LogP contribution in [0.5, 0.6) is 17.4 Å². The Morgan fingerprint density at radius 1 is 1.33 bits per heavy atom. The summed E-state index contributed by atoms with van der Waals surface area (Å²) in [6, 6.07) is 7.38.